The molecule has 35 heavy (non-hydrogen) atoms. The van der Waals surface area contributed by atoms with E-state index in [0.717, 1.165) is 26.2 Å². The quantitative estimate of drug-likeness (QED) is 0.320. The number of carbonyl (C=O) groups excluding carboxylic acids is 2. The number of aromatic nitrogens is 2. The van der Waals surface area contributed by atoms with E-state index >= 15 is 0 Å². The van der Waals surface area contributed by atoms with Crippen molar-refractivity contribution in [2.45, 2.75) is 12.8 Å². The maximum Gasteiger partial charge on any atom is 0.323 e. The first-order valence-corrected chi connectivity index (χ1v) is 11.8. The molecule has 180 valence electrons. The van der Waals surface area contributed by atoms with E-state index in [1.165, 1.54) is 35.9 Å². The van der Waals surface area contributed by atoms with Crippen LogP contribution in [0.3, 0.4) is 0 Å². The molecule has 4 aromatic rings. The number of nitrogens with two attached hydrogens (primary N) is 1. The van der Waals surface area contributed by atoms with Crippen molar-refractivity contribution in [2.24, 2.45) is 0 Å². The van der Waals surface area contributed by atoms with E-state index in [1.807, 2.05) is 12.1 Å². The van der Waals surface area contributed by atoms with Gasteiger partial charge in [-0.15, -0.1) is 11.3 Å². The fourth-order valence-electron chi connectivity index (χ4n) is 3.51. The Morgan fingerprint density at radius 1 is 1.09 bits per heavy atom. The number of carbonyl (C=O) groups is 2. The lowest BCUT2D eigenvalue weighted by Crippen LogP contribution is -2.21. The number of hydrogen-bond acceptors (Lipinski definition) is 6. The SMILES string of the molecule is CN(C)C(=O)CCc1sc2ncnc(N)c2c1-c1ccc(NC(=O)Nc2ccc(F)c(Cl)c2)cc1. The van der Waals surface area contributed by atoms with Gasteiger partial charge in [0.2, 0.25) is 5.91 Å². The third kappa shape index (κ3) is 5.50. The molecule has 0 aliphatic heterocycles. The van der Waals surface area contributed by atoms with Gasteiger partial charge in [-0.1, -0.05) is 23.7 Å². The van der Waals surface area contributed by atoms with Gasteiger partial charge in [0.15, 0.2) is 0 Å². The van der Waals surface area contributed by atoms with Gasteiger partial charge in [0, 0.05) is 42.3 Å². The summed E-state index contributed by atoms with van der Waals surface area (Å²) < 4.78 is 13.3. The lowest BCUT2D eigenvalue weighted by Gasteiger charge is -2.11. The molecule has 2 aromatic heterocycles. The Bertz CT molecular complexity index is 1410. The second-order valence-corrected chi connectivity index (χ2v) is 9.40. The molecular formula is C24H22ClFN6O2S. The van der Waals surface area contributed by atoms with Crippen molar-refractivity contribution in [3.63, 3.8) is 0 Å². The summed E-state index contributed by atoms with van der Waals surface area (Å²) in [4.78, 5) is 36.3. The summed E-state index contributed by atoms with van der Waals surface area (Å²) in [6, 6.07) is 10.6. The van der Waals surface area contributed by atoms with Gasteiger partial charge in [-0.3, -0.25) is 4.79 Å². The Kier molecular flexibility index (Phi) is 7.13. The molecule has 0 aliphatic carbocycles. The number of rotatable bonds is 6. The van der Waals surface area contributed by atoms with Crippen LogP contribution in [0.2, 0.25) is 5.02 Å². The summed E-state index contributed by atoms with van der Waals surface area (Å²) in [6.45, 7) is 0. The lowest BCUT2D eigenvalue weighted by atomic mass is 10.0. The summed E-state index contributed by atoms with van der Waals surface area (Å²) in [5, 5.41) is 6.00. The number of nitrogens with one attached hydrogen (secondary N) is 2. The van der Waals surface area contributed by atoms with Gasteiger partial charge in [0.1, 0.15) is 22.8 Å². The molecule has 0 fully saturated rings. The zero-order chi connectivity index (χ0) is 25.1. The molecule has 0 radical (unpaired) electrons. The number of anilines is 3. The zero-order valence-corrected chi connectivity index (χ0v) is 20.5. The van der Waals surface area contributed by atoms with Gasteiger partial charge in [0.25, 0.3) is 0 Å². The van der Waals surface area contributed by atoms with E-state index < -0.39 is 11.8 Å². The number of thiophene rings is 1. The molecule has 11 heteroatoms. The van der Waals surface area contributed by atoms with Crippen LogP contribution in [0.5, 0.6) is 0 Å². The number of urea groups is 1. The summed E-state index contributed by atoms with van der Waals surface area (Å²) >= 11 is 7.25. The third-order valence-corrected chi connectivity index (χ3v) is 6.71. The average Bonchev–Trinajstić information content (AvgIpc) is 3.20. The maximum atomic E-state index is 13.3. The standard InChI is InChI=1S/C24H22ClFN6O2S/c1-32(2)19(33)10-9-18-20(21-22(27)28-12-29-23(21)35-18)13-3-5-14(6-4-13)30-24(34)31-15-7-8-17(26)16(25)11-15/h3-8,11-12H,9-10H2,1-2H3,(H2,27,28,29)(H2,30,31,34). The van der Waals surface area contributed by atoms with Crippen molar-refractivity contribution in [1.29, 1.82) is 0 Å². The van der Waals surface area contributed by atoms with Crippen LogP contribution in [0.1, 0.15) is 11.3 Å². The van der Waals surface area contributed by atoms with Crippen molar-refractivity contribution < 1.29 is 14.0 Å². The van der Waals surface area contributed by atoms with Gasteiger partial charge in [-0.25, -0.2) is 19.2 Å². The predicted octanol–water partition coefficient (Wildman–Crippen LogP) is 5.40. The number of nitrogen functional groups attached to an aromatic ring is 1. The Balaban J connectivity index is 1.57. The largest absolute Gasteiger partial charge is 0.383 e. The van der Waals surface area contributed by atoms with Gasteiger partial charge in [-0.2, -0.15) is 0 Å². The molecule has 4 rings (SSSR count). The van der Waals surface area contributed by atoms with Crippen molar-refractivity contribution in [3.05, 3.63) is 64.5 Å². The van der Waals surface area contributed by atoms with Crippen LogP contribution in [-0.4, -0.2) is 40.9 Å². The molecule has 0 saturated carbocycles. The number of amides is 3. The number of aryl methyl sites for hydroxylation is 1. The highest BCUT2D eigenvalue weighted by Gasteiger charge is 2.19. The molecule has 4 N–H and O–H groups in total. The highest BCUT2D eigenvalue weighted by Crippen LogP contribution is 2.41. The van der Waals surface area contributed by atoms with Crippen LogP contribution in [0.4, 0.5) is 26.4 Å². The average molecular weight is 513 g/mol. The number of benzene rings is 2. The molecule has 0 bridgehead atoms. The third-order valence-electron chi connectivity index (χ3n) is 5.26. The monoisotopic (exact) mass is 512 g/mol. The highest BCUT2D eigenvalue weighted by molar-refractivity contribution is 7.19. The molecule has 0 unspecified atom stereocenters. The van der Waals surface area contributed by atoms with Gasteiger partial charge >= 0.3 is 6.03 Å². The van der Waals surface area contributed by atoms with Crippen LogP contribution in [0.15, 0.2) is 48.8 Å². The van der Waals surface area contributed by atoms with Crippen LogP contribution >= 0.6 is 22.9 Å². The first-order valence-electron chi connectivity index (χ1n) is 10.6. The fourth-order valence-corrected chi connectivity index (χ4v) is 4.86. The fraction of sp³-hybridized carbons (Fsp3) is 0.167. The first-order chi connectivity index (χ1) is 16.7. The summed E-state index contributed by atoms with van der Waals surface area (Å²) in [5.74, 6) is -0.169. The Morgan fingerprint density at radius 2 is 1.77 bits per heavy atom. The molecule has 0 saturated heterocycles. The van der Waals surface area contributed by atoms with Gasteiger partial charge in [-0.05, 0) is 42.3 Å². The number of nitrogens with zero attached hydrogens (tertiary/aromatic N) is 3. The number of hydrogen-bond donors (Lipinski definition) is 3. The minimum absolute atomic E-state index is 0.0282. The maximum absolute atomic E-state index is 13.3. The van der Waals surface area contributed by atoms with E-state index in [1.54, 1.807) is 31.1 Å². The van der Waals surface area contributed by atoms with Crippen molar-refractivity contribution >= 4 is 62.3 Å². The number of halogens is 2. The van der Waals surface area contributed by atoms with Crippen molar-refractivity contribution in [1.82, 2.24) is 14.9 Å². The Hall–Kier alpha value is -3.76. The minimum Gasteiger partial charge on any atom is -0.383 e. The van der Waals surface area contributed by atoms with E-state index in [4.69, 9.17) is 17.3 Å². The second kappa shape index (κ2) is 10.2. The predicted molar refractivity (Wildman–Crippen MR) is 138 cm³/mol. The Morgan fingerprint density at radius 3 is 2.46 bits per heavy atom. The first kappa shape index (κ1) is 24.4. The molecule has 0 aliphatic rings. The summed E-state index contributed by atoms with van der Waals surface area (Å²) in [6.07, 6.45) is 2.31. The van der Waals surface area contributed by atoms with Gasteiger partial charge in [0.05, 0.1) is 10.4 Å². The van der Waals surface area contributed by atoms with Gasteiger partial charge < -0.3 is 21.3 Å². The summed E-state index contributed by atoms with van der Waals surface area (Å²) in [5.41, 5.74) is 8.84. The molecule has 0 atom stereocenters. The molecule has 3 amide bonds. The van der Waals surface area contributed by atoms with Crippen LogP contribution < -0.4 is 16.4 Å². The van der Waals surface area contributed by atoms with E-state index in [-0.39, 0.29) is 10.9 Å². The normalized spacial score (nSPS) is 10.9. The topological polar surface area (TPSA) is 113 Å². The minimum atomic E-state index is -0.564. The molecular weight excluding hydrogens is 491 g/mol. The van der Waals surface area contributed by atoms with E-state index in [0.29, 0.717) is 30.0 Å². The van der Waals surface area contributed by atoms with Crippen LogP contribution in [0, 0.1) is 5.82 Å². The highest BCUT2D eigenvalue weighted by atomic mass is 35.5. The summed E-state index contributed by atoms with van der Waals surface area (Å²) in [7, 11) is 3.45. The lowest BCUT2D eigenvalue weighted by molar-refractivity contribution is -0.128. The van der Waals surface area contributed by atoms with Crippen molar-refractivity contribution in [2.75, 3.05) is 30.5 Å². The van der Waals surface area contributed by atoms with Crippen LogP contribution in [0.25, 0.3) is 21.3 Å². The van der Waals surface area contributed by atoms with Crippen LogP contribution in [-0.2, 0) is 11.2 Å². The molecule has 0 spiro atoms. The molecule has 8 nitrogen and oxygen atoms in total. The second-order valence-electron chi connectivity index (χ2n) is 7.91. The zero-order valence-electron chi connectivity index (χ0n) is 18.9. The smallest absolute Gasteiger partial charge is 0.323 e. The number of fused-ring (bicyclic) bond motifs is 1. The van der Waals surface area contributed by atoms with E-state index in [2.05, 4.69) is 20.6 Å². The van der Waals surface area contributed by atoms with E-state index in [9.17, 15) is 14.0 Å². The Labute approximate surface area is 209 Å². The molecule has 2 aromatic carbocycles. The molecule has 2 heterocycles. The van der Waals surface area contributed by atoms with Crippen molar-refractivity contribution in [3.8, 4) is 11.1 Å².